The highest BCUT2D eigenvalue weighted by atomic mass is 32.2. The molecule has 0 aliphatic rings. The predicted octanol–water partition coefficient (Wildman–Crippen LogP) is 2.37. The maximum atomic E-state index is 12.9. The second kappa shape index (κ2) is 5.70. The lowest BCUT2D eigenvalue weighted by Gasteiger charge is -2.12. The van der Waals surface area contributed by atoms with Gasteiger partial charge in [-0.1, -0.05) is 0 Å². The molecular weight excluding hydrogens is 299 g/mol. The first-order valence-corrected chi connectivity index (χ1v) is 6.04. The van der Waals surface area contributed by atoms with Crippen molar-refractivity contribution >= 4 is 10.1 Å². The SMILES string of the molecule is O=S(=O)(OC(F)COc1ccc(F)cc1)C(F)(F)F. The summed E-state index contributed by atoms with van der Waals surface area (Å²) in [7, 11) is -6.02. The van der Waals surface area contributed by atoms with Gasteiger partial charge in [-0.2, -0.15) is 21.6 Å². The van der Waals surface area contributed by atoms with Gasteiger partial charge in [-0.05, 0) is 24.3 Å². The molecule has 10 heteroatoms. The highest BCUT2D eigenvalue weighted by molar-refractivity contribution is 7.87. The lowest BCUT2D eigenvalue weighted by molar-refractivity contribution is -0.0685. The largest absolute Gasteiger partial charge is 0.523 e. The van der Waals surface area contributed by atoms with Crippen LogP contribution in [0.5, 0.6) is 5.75 Å². The second-order valence-electron chi connectivity index (χ2n) is 3.17. The van der Waals surface area contributed by atoms with E-state index in [-0.39, 0.29) is 5.75 Å². The van der Waals surface area contributed by atoms with Gasteiger partial charge in [-0.15, -0.1) is 0 Å². The molecule has 0 aliphatic heterocycles. The molecule has 0 bridgehead atoms. The molecule has 0 spiro atoms. The van der Waals surface area contributed by atoms with Crippen LogP contribution in [-0.2, 0) is 14.3 Å². The second-order valence-corrected chi connectivity index (χ2v) is 4.73. The monoisotopic (exact) mass is 306 g/mol. The molecule has 108 valence electrons. The molecule has 1 aromatic carbocycles. The average Bonchev–Trinajstić information content (AvgIpc) is 2.26. The van der Waals surface area contributed by atoms with E-state index in [2.05, 4.69) is 8.92 Å². The molecule has 0 fully saturated rings. The van der Waals surface area contributed by atoms with E-state index in [0.29, 0.717) is 0 Å². The van der Waals surface area contributed by atoms with Gasteiger partial charge in [-0.25, -0.2) is 13.0 Å². The fraction of sp³-hybridized carbons (Fsp3) is 0.333. The van der Waals surface area contributed by atoms with Crippen LogP contribution in [0.1, 0.15) is 0 Å². The number of hydrogen-bond acceptors (Lipinski definition) is 4. The fourth-order valence-electron chi connectivity index (χ4n) is 0.912. The Bertz CT molecular complexity index is 510. The van der Waals surface area contributed by atoms with Crippen molar-refractivity contribution in [2.75, 3.05) is 6.61 Å². The third-order valence-electron chi connectivity index (χ3n) is 1.71. The summed E-state index contributed by atoms with van der Waals surface area (Å²) < 4.78 is 89.6. The Balaban J connectivity index is 2.53. The van der Waals surface area contributed by atoms with Crippen molar-refractivity contribution in [2.45, 2.75) is 11.9 Å². The van der Waals surface area contributed by atoms with E-state index in [9.17, 15) is 30.4 Å². The van der Waals surface area contributed by atoms with Crippen molar-refractivity contribution in [3.8, 4) is 5.75 Å². The molecule has 0 heterocycles. The predicted molar refractivity (Wildman–Crippen MR) is 52.9 cm³/mol. The Morgan fingerprint density at radius 2 is 1.68 bits per heavy atom. The number of alkyl halides is 4. The van der Waals surface area contributed by atoms with E-state index in [4.69, 9.17) is 0 Å². The van der Waals surface area contributed by atoms with Gasteiger partial charge in [0, 0.05) is 0 Å². The summed E-state index contributed by atoms with van der Waals surface area (Å²) >= 11 is 0. The van der Waals surface area contributed by atoms with Gasteiger partial charge in [0.1, 0.15) is 18.2 Å². The molecule has 1 unspecified atom stereocenters. The number of benzene rings is 1. The quantitative estimate of drug-likeness (QED) is 0.476. The summed E-state index contributed by atoms with van der Waals surface area (Å²) in [6.45, 7) is -1.10. The van der Waals surface area contributed by atoms with Crippen molar-refractivity contribution in [1.29, 1.82) is 0 Å². The highest BCUT2D eigenvalue weighted by Gasteiger charge is 2.48. The van der Waals surface area contributed by atoms with Crippen LogP contribution >= 0.6 is 0 Å². The molecule has 1 aromatic rings. The maximum absolute atomic E-state index is 12.9. The third-order valence-corrected chi connectivity index (χ3v) is 2.74. The first-order chi connectivity index (χ1) is 8.62. The minimum Gasteiger partial charge on any atom is -0.488 e. The smallest absolute Gasteiger partial charge is 0.488 e. The van der Waals surface area contributed by atoms with Crippen LogP contribution in [0.4, 0.5) is 22.0 Å². The van der Waals surface area contributed by atoms with E-state index >= 15 is 0 Å². The van der Waals surface area contributed by atoms with Gasteiger partial charge in [0.15, 0.2) is 0 Å². The van der Waals surface area contributed by atoms with E-state index in [0.717, 1.165) is 24.3 Å². The summed E-state index contributed by atoms with van der Waals surface area (Å²) in [6, 6.07) is 4.10. The highest BCUT2D eigenvalue weighted by Crippen LogP contribution is 2.26. The van der Waals surface area contributed by atoms with Crippen molar-refractivity contribution in [1.82, 2.24) is 0 Å². The van der Waals surface area contributed by atoms with Crippen molar-refractivity contribution in [3.63, 3.8) is 0 Å². The van der Waals surface area contributed by atoms with Crippen molar-refractivity contribution in [2.24, 2.45) is 0 Å². The molecule has 0 amide bonds. The molecule has 19 heavy (non-hydrogen) atoms. The lowest BCUT2D eigenvalue weighted by atomic mass is 10.3. The standard InChI is InChI=1S/C9H7F5O4S/c10-6-1-3-7(4-2-6)17-5-8(11)18-19(15,16)9(12,13)14/h1-4,8H,5H2. The van der Waals surface area contributed by atoms with Crippen molar-refractivity contribution < 1.29 is 39.3 Å². The Morgan fingerprint density at radius 3 is 2.16 bits per heavy atom. The van der Waals surface area contributed by atoms with E-state index in [1.54, 1.807) is 0 Å². The number of hydrogen-bond donors (Lipinski definition) is 0. The zero-order valence-corrected chi connectivity index (χ0v) is 9.84. The van der Waals surface area contributed by atoms with Crippen LogP contribution in [0, 0.1) is 5.82 Å². The van der Waals surface area contributed by atoms with E-state index in [1.807, 2.05) is 0 Å². The van der Waals surface area contributed by atoms with Gasteiger partial charge < -0.3 is 4.74 Å². The van der Waals surface area contributed by atoms with Gasteiger partial charge >= 0.3 is 15.6 Å². The maximum Gasteiger partial charge on any atom is 0.523 e. The number of halogens is 5. The summed E-state index contributed by atoms with van der Waals surface area (Å²) in [5.41, 5.74) is -5.72. The van der Waals surface area contributed by atoms with Crippen LogP contribution in [0.3, 0.4) is 0 Å². The molecule has 1 rings (SSSR count). The lowest BCUT2D eigenvalue weighted by Crippen LogP contribution is -2.30. The minimum atomic E-state index is -6.02. The third kappa shape index (κ3) is 4.63. The fourth-order valence-corrected chi connectivity index (χ4v) is 1.35. The molecular formula is C9H7F5O4S. The Kier molecular flexibility index (Phi) is 4.69. The topological polar surface area (TPSA) is 52.6 Å². The Labute approximate surface area is 104 Å². The van der Waals surface area contributed by atoms with E-state index in [1.165, 1.54) is 0 Å². The normalized spacial score (nSPS) is 14.2. The summed E-state index contributed by atoms with van der Waals surface area (Å²) in [4.78, 5) is 0. The van der Waals surface area contributed by atoms with E-state index < -0.39 is 34.4 Å². The zero-order chi connectivity index (χ0) is 14.7. The van der Waals surface area contributed by atoms with Crippen LogP contribution in [0.15, 0.2) is 24.3 Å². The Morgan fingerprint density at radius 1 is 1.16 bits per heavy atom. The first kappa shape index (κ1) is 15.6. The molecule has 0 aliphatic carbocycles. The van der Waals surface area contributed by atoms with Crippen LogP contribution < -0.4 is 4.74 Å². The van der Waals surface area contributed by atoms with Gasteiger partial charge in [0.2, 0.25) is 6.36 Å². The molecule has 0 saturated carbocycles. The molecule has 4 nitrogen and oxygen atoms in total. The number of ether oxygens (including phenoxy) is 1. The molecule has 1 atom stereocenters. The number of rotatable bonds is 5. The first-order valence-electron chi connectivity index (χ1n) is 4.64. The molecule has 0 N–H and O–H groups in total. The molecule has 0 saturated heterocycles. The molecule has 0 radical (unpaired) electrons. The summed E-state index contributed by atoms with van der Waals surface area (Å²) in [5, 5.41) is 0. The minimum absolute atomic E-state index is 0.0583. The average molecular weight is 306 g/mol. The Hall–Kier alpha value is -1.42. The molecule has 0 aromatic heterocycles. The summed E-state index contributed by atoms with van der Waals surface area (Å²) in [6.07, 6.45) is -2.84. The van der Waals surface area contributed by atoms with Crippen LogP contribution in [0.2, 0.25) is 0 Å². The van der Waals surface area contributed by atoms with Crippen molar-refractivity contribution in [3.05, 3.63) is 30.1 Å². The zero-order valence-electron chi connectivity index (χ0n) is 9.02. The summed E-state index contributed by atoms with van der Waals surface area (Å²) in [5.74, 6) is -0.655. The van der Waals surface area contributed by atoms with Gasteiger partial charge in [0.05, 0.1) is 0 Å². The van der Waals surface area contributed by atoms with Crippen LogP contribution in [0.25, 0.3) is 0 Å². The van der Waals surface area contributed by atoms with Gasteiger partial charge in [-0.3, -0.25) is 0 Å². The van der Waals surface area contributed by atoms with Gasteiger partial charge in [0.25, 0.3) is 0 Å². The van der Waals surface area contributed by atoms with Crippen LogP contribution in [-0.4, -0.2) is 26.9 Å².